The molecule has 174 valence electrons. The maximum absolute atomic E-state index is 13.0. The molecule has 2 N–H and O–H groups in total. The highest BCUT2D eigenvalue weighted by Gasteiger charge is 2.21. The van der Waals surface area contributed by atoms with Crippen molar-refractivity contribution < 1.29 is 4.79 Å². The zero-order valence-electron chi connectivity index (χ0n) is 20.8. The van der Waals surface area contributed by atoms with Gasteiger partial charge in [0.2, 0.25) is 0 Å². The summed E-state index contributed by atoms with van der Waals surface area (Å²) in [5, 5.41) is 6.44. The Bertz CT molecular complexity index is 874. The van der Waals surface area contributed by atoms with Gasteiger partial charge in [-0.1, -0.05) is 83.9 Å². The van der Waals surface area contributed by atoms with Gasteiger partial charge in [-0.15, -0.1) is 0 Å². The van der Waals surface area contributed by atoms with Crippen LogP contribution in [0.15, 0.2) is 36.4 Å². The summed E-state index contributed by atoms with van der Waals surface area (Å²) in [5.74, 6) is 1.09. The van der Waals surface area contributed by atoms with E-state index in [9.17, 15) is 4.79 Å². The zero-order chi connectivity index (χ0) is 23.1. The molecule has 2 aromatic rings. The van der Waals surface area contributed by atoms with Crippen LogP contribution in [0.2, 0.25) is 0 Å². The number of unbranched alkanes of at least 4 members (excludes halogenated alkanes) is 1. The summed E-state index contributed by atoms with van der Waals surface area (Å²) < 4.78 is 0. The van der Waals surface area contributed by atoms with Crippen LogP contribution in [0.4, 0.5) is 10.5 Å². The molecular formula is C29H42N2O. The van der Waals surface area contributed by atoms with Gasteiger partial charge in [-0.25, -0.2) is 4.79 Å². The quantitative estimate of drug-likeness (QED) is 0.413. The normalized spacial score (nSPS) is 14.3. The minimum atomic E-state index is -0.0914. The fourth-order valence-corrected chi connectivity index (χ4v) is 5.08. The van der Waals surface area contributed by atoms with E-state index in [2.05, 4.69) is 81.7 Å². The first-order valence-corrected chi connectivity index (χ1v) is 12.7. The van der Waals surface area contributed by atoms with E-state index in [1.165, 1.54) is 60.8 Å². The Hall–Kier alpha value is -2.29. The van der Waals surface area contributed by atoms with Crippen LogP contribution in [0.5, 0.6) is 0 Å². The van der Waals surface area contributed by atoms with Gasteiger partial charge in [0.25, 0.3) is 0 Å². The van der Waals surface area contributed by atoms with Crippen molar-refractivity contribution in [1.82, 2.24) is 5.32 Å². The fourth-order valence-electron chi connectivity index (χ4n) is 5.08. The number of amides is 2. The number of carbonyl (C=O) groups excluding carboxylic acids is 1. The lowest BCUT2D eigenvalue weighted by Gasteiger charge is -2.26. The van der Waals surface area contributed by atoms with E-state index in [4.69, 9.17) is 0 Å². The van der Waals surface area contributed by atoms with E-state index < -0.39 is 0 Å². The number of benzene rings is 2. The zero-order valence-corrected chi connectivity index (χ0v) is 20.8. The highest BCUT2D eigenvalue weighted by atomic mass is 16.2. The molecule has 2 amide bonds. The molecule has 0 fully saturated rings. The molecule has 1 atom stereocenters. The summed E-state index contributed by atoms with van der Waals surface area (Å²) in [6.07, 6.45) is 8.43. The predicted octanol–water partition coefficient (Wildman–Crippen LogP) is 7.91. The predicted molar refractivity (Wildman–Crippen MR) is 137 cm³/mol. The van der Waals surface area contributed by atoms with Gasteiger partial charge in [0, 0.05) is 18.2 Å². The summed E-state index contributed by atoms with van der Waals surface area (Å²) in [4.78, 5) is 13.0. The molecule has 0 saturated heterocycles. The number of hydrogen-bond donors (Lipinski definition) is 2. The van der Waals surface area contributed by atoms with Crippen LogP contribution < -0.4 is 10.6 Å². The molecule has 0 radical (unpaired) electrons. The second kappa shape index (κ2) is 11.5. The lowest BCUT2D eigenvalue weighted by molar-refractivity contribution is 0.251. The molecule has 3 nitrogen and oxygen atoms in total. The van der Waals surface area contributed by atoms with Crippen LogP contribution in [0.25, 0.3) is 0 Å². The largest absolute Gasteiger partial charge is 0.337 e. The molecule has 0 aliphatic heterocycles. The molecule has 1 aliphatic carbocycles. The van der Waals surface area contributed by atoms with E-state index in [-0.39, 0.29) is 6.03 Å². The highest BCUT2D eigenvalue weighted by molar-refractivity contribution is 5.91. The van der Waals surface area contributed by atoms with Crippen molar-refractivity contribution in [2.24, 2.45) is 0 Å². The van der Waals surface area contributed by atoms with Crippen molar-refractivity contribution in [2.75, 3.05) is 11.9 Å². The van der Waals surface area contributed by atoms with E-state index in [0.717, 1.165) is 12.1 Å². The van der Waals surface area contributed by atoms with Crippen molar-refractivity contribution in [3.63, 3.8) is 0 Å². The topological polar surface area (TPSA) is 41.1 Å². The average molecular weight is 435 g/mol. The Morgan fingerprint density at radius 3 is 2.19 bits per heavy atom. The van der Waals surface area contributed by atoms with Gasteiger partial charge in [-0.05, 0) is 71.8 Å². The maximum atomic E-state index is 13.0. The number of urea groups is 1. The number of rotatable bonds is 9. The van der Waals surface area contributed by atoms with Crippen molar-refractivity contribution in [1.29, 1.82) is 0 Å². The molecule has 1 aliphatic rings. The van der Waals surface area contributed by atoms with Crippen LogP contribution in [0.1, 0.15) is 112 Å². The van der Waals surface area contributed by atoms with E-state index >= 15 is 0 Å². The number of hydrogen-bond acceptors (Lipinski definition) is 1. The highest BCUT2D eigenvalue weighted by Crippen LogP contribution is 2.33. The first-order chi connectivity index (χ1) is 15.4. The third kappa shape index (κ3) is 5.94. The molecule has 3 rings (SSSR count). The molecule has 1 unspecified atom stereocenters. The average Bonchev–Trinajstić information content (AvgIpc) is 2.78. The molecule has 0 spiro atoms. The molecule has 3 heteroatoms. The molecule has 0 aromatic heterocycles. The minimum absolute atomic E-state index is 0.0914. The van der Waals surface area contributed by atoms with Gasteiger partial charge in [0.05, 0.1) is 0 Å². The minimum Gasteiger partial charge on any atom is -0.337 e. The van der Waals surface area contributed by atoms with Crippen LogP contribution in [0, 0.1) is 0 Å². The molecule has 32 heavy (non-hydrogen) atoms. The molecular weight excluding hydrogens is 392 g/mol. The summed E-state index contributed by atoms with van der Waals surface area (Å²) in [6.45, 7) is 11.7. The Kier molecular flexibility index (Phi) is 8.78. The van der Waals surface area contributed by atoms with E-state index in [1.807, 2.05) is 0 Å². The monoisotopic (exact) mass is 434 g/mol. The van der Waals surface area contributed by atoms with Crippen molar-refractivity contribution in [3.05, 3.63) is 64.2 Å². The van der Waals surface area contributed by atoms with Crippen molar-refractivity contribution in [3.8, 4) is 0 Å². The standard InChI is InChI=1S/C29H42N2O/c1-6-7-12-23(27-18-10-14-22-13-8-9-15-26(22)27)19-30-29(32)31-28-24(20(2)3)16-11-17-25(28)21(4)5/h10-11,14,16-18,20-21,23H,6-9,12-13,15,19H2,1-5H3,(H2,30,31,32). The first-order valence-electron chi connectivity index (χ1n) is 12.7. The second-order valence-electron chi connectivity index (χ2n) is 9.99. The SMILES string of the molecule is CCCCC(CNC(=O)Nc1c(C(C)C)cccc1C(C)C)c1cccc2c1CCCC2. The number of nitrogens with one attached hydrogen (secondary N) is 2. The third-order valence-electron chi connectivity index (χ3n) is 6.90. The van der Waals surface area contributed by atoms with Crippen LogP contribution in [-0.4, -0.2) is 12.6 Å². The number of carbonyl (C=O) groups is 1. The first kappa shape index (κ1) is 24.4. The van der Waals surface area contributed by atoms with Gasteiger partial charge >= 0.3 is 6.03 Å². The van der Waals surface area contributed by atoms with E-state index in [1.54, 1.807) is 5.56 Å². The Balaban J connectivity index is 1.76. The summed E-state index contributed by atoms with van der Waals surface area (Å²) in [7, 11) is 0. The number of para-hydroxylation sites is 1. The number of anilines is 1. The van der Waals surface area contributed by atoms with Gasteiger partial charge in [0.15, 0.2) is 0 Å². The van der Waals surface area contributed by atoms with Crippen LogP contribution >= 0.6 is 0 Å². The summed E-state index contributed by atoms with van der Waals surface area (Å²) in [5.41, 5.74) is 7.91. The van der Waals surface area contributed by atoms with Gasteiger partial charge in [0.1, 0.15) is 0 Å². The lowest BCUT2D eigenvalue weighted by atomic mass is 9.82. The molecule has 0 heterocycles. The Morgan fingerprint density at radius 2 is 1.53 bits per heavy atom. The van der Waals surface area contributed by atoms with Crippen molar-refractivity contribution >= 4 is 11.7 Å². The Morgan fingerprint density at radius 1 is 0.906 bits per heavy atom. The molecule has 0 saturated carbocycles. The summed E-state index contributed by atoms with van der Waals surface area (Å²) in [6, 6.07) is 13.1. The van der Waals surface area contributed by atoms with Crippen LogP contribution in [0.3, 0.4) is 0 Å². The van der Waals surface area contributed by atoms with Gasteiger partial charge < -0.3 is 10.6 Å². The van der Waals surface area contributed by atoms with Crippen LogP contribution in [-0.2, 0) is 12.8 Å². The maximum Gasteiger partial charge on any atom is 0.319 e. The van der Waals surface area contributed by atoms with Gasteiger partial charge in [-0.3, -0.25) is 0 Å². The number of aryl methyl sites for hydroxylation is 1. The van der Waals surface area contributed by atoms with Gasteiger partial charge in [-0.2, -0.15) is 0 Å². The number of fused-ring (bicyclic) bond motifs is 1. The third-order valence-corrected chi connectivity index (χ3v) is 6.90. The molecule has 2 aromatic carbocycles. The smallest absolute Gasteiger partial charge is 0.319 e. The second-order valence-corrected chi connectivity index (χ2v) is 9.99. The fraction of sp³-hybridized carbons (Fsp3) is 0.552. The van der Waals surface area contributed by atoms with Crippen molar-refractivity contribution in [2.45, 2.75) is 97.3 Å². The lowest BCUT2D eigenvalue weighted by Crippen LogP contribution is -2.33. The Labute approximate surface area is 195 Å². The molecule has 0 bridgehead atoms. The van der Waals surface area contributed by atoms with E-state index in [0.29, 0.717) is 24.3 Å². The summed E-state index contributed by atoms with van der Waals surface area (Å²) >= 11 is 0.